The first kappa shape index (κ1) is 12.6. The molecule has 0 amide bonds. The fourth-order valence-electron chi connectivity index (χ4n) is 2.79. The van der Waals surface area contributed by atoms with Crippen molar-refractivity contribution in [2.24, 2.45) is 5.41 Å². The lowest BCUT2D eigenvalue weighted by Crippen LogP contribution is -2.26. The third-order valence-electron chi connectivity index (χ3n) is 4.13. The molecule has 1 nitrogen and oxygen atoms in total. The molecular weight excluding hydrogens is 206 g/mol. The molecule has 1 atom stereocenters. The van der Waals surface area contributed by atoms with E-state index in [0.29, 0.717) is 11.5 Å². The summed E-state index contributed by atoms with van der Waals surface area (Å²) in [5.41, 5.74) is 4.74. The van der Waals surface area contributed by atoms with Crippen LogP contribution in [0.1, 0.15) is 49.8 Å². The molecule has 1 aliphatic rings. The maximum atomic E-state index is 3.70. The first-order valence-electron chi connectivity index (χ1n) is 6.76. The molecule has 1 heteroatoms. The van der Waals surface area contributed by atoms with Gasteiger partial charge in [-0.05, 0) is 55.2 Å². The third kappa shape index (κ3) is 3.32. The summed E-state index contributed by atoms with van der Waals surface area (Å²) >= 11 is 0. The Morgan fingerprint density at radius 1 is 1.24 bits per heavy atom. The summed E-state index contributed by atoms with van der Waals surface area (Å²) in [4.78, 5) is 0. The van der Waals surface area contributed by atoms with Gasteiger partial charge >= 0.3 is 0 Å². The predicted molar refractivity (Wildman–Crippen MR) is 74.2 cm³/mol. The van der Waals surface area contributed by atoms with Gasteiger partial charge in [0.15, 0.2) is 0 Å². The number of aryl methyl sites for hydroxylation is 2. The maximum Gasteiger partial charge on any atom is 0.0208 e. The average Bonchev–Trinajstić information content (AvgIpc) is 2.60. The number of nitrogens with one attached hydrogen (secondary N) is 1. The largest absolute Gasteiger partial charge is 0.310 e. The van der Waals surface area contributed by atoms with Crippen LogP contribution in [0.25, 0.3) is 0 Å². The van der Waals surface area contributed by atoms with Crippen LogP contribution in [0.3, 0.4) is 0 Å². The van der Waals surface area contributed by atoms with Crippen molar-refractivity contribution in [2.75, 3.05) is 0 Å². The summed E-state index contributed by atoms with van der Waals surface area (Å²) in [6.07, 6.45) is 4.01. The second-order valence-electron chi connectivity index (χ2n) is 6.40. The topological polar surface area (TPSA) is 12.0 Å². The minimum atomic E-state index is 0.543. The van der Waals surface area contributed by atoms with Gasteiger partial charge in [0.2, 0.25) is 0 Å². The zero-order chi connectivity index (χ0) is 12.5. The van der Waals surface area contributed by atoms with Crippen LogP contribution < -0.4 is 5.32 Å². The Kier molecular flexibility index (Phi) is 3.58. The normalized spacial score (nSPS) is 22.9. The lowest BCUT2D eigenvalue weighted by molar-refractivity contribution is 0.364. The van der Waals surface area contributed by atoms with Crippen LogP contribution in [0.2, 0.25) is 0 Å². The molecule has 0 aromatic heterocycles. The van der Waals surface area contributed by atoms with Gasteiger partial charge in [0.25, 0.3) is 0 Å². The quantitative estimate of drug-likeness (QED) is 0.830. The predicted octanol–water partition coefficient (Wildman–Crippen LogP) is 3.97. The highest BCUT2D eigenvalue weighted by Gasteiger charge is 2.30. The van der Waals surface area contributed by atoms with Crippen molar-refractivity contribution in [1.82, 2.24) is 5.32 Å². The van der Waals surface area contributed by atoms with E-state index in [2.05, 4.69) is 51.2 Å². The van der Waals surface area contributed by atoms with Crippen molar-refractivity contribution in [3.05, 3.63) is 34.9 Å². The van der Waals surface area contributed by atoms with E-state index in [1.807, 2.05) is 0 Å². The Morgan fingerprint density at radius 2 is 2.00 bits per heavy atom. The molecule has 0 aliphatic heterocycles. The minimum Gasteiger partial charge on any atom is -0.310 e. The molecule has 0 bridgehead atoms. The highest BCUT2D eigenvalue weighted by Crippen LogP contribution is 2.36. The van der Waals surface area contributed by atoms with Gasteiger partial charge in [-0.3, -0.25) is 0 Å². The molecule has 1 saturated carbocycles. The molecule has 1 N–H and O–H groups in total. The van der Waals surface area contributed by atoms with Crippen molar-refractivity contribution in [2.45, 2.75) is 59.5 Å². The van der Waals surface area contributed by atoms with Crippen LogP contribution >= 0.6 is 0 Å². The molecule has 2 rings (SSSR count). The smallest absolute Gasteiger partial charge is 0.0208 e. The minimum absolute atomic E-state index is 0.543. The number of hydrogen-bond acceptors (Lipinski definition) is 1. The van der Waals surface area contributed by atoms with Gasteiger partial charge < -0.3 is 5.32 Å². The maximum absolute atomic E-state index is 3.70. The molecule has 1 fully saturated rings. The Labute approximate surface area is 106 Å². The van der Waals surface area contributed by atoms with E-state index >= 15 is 0 Å². The summed E-state index contributed by atoms with van der Waals surface area (Å²) < 4.78 is 0. The van der Waals surface area contributed by atoms with E-state index in [1.54, 1.807) is 0 Å². The van der Waals surface area contributed by atoms with E-state index < -0.39 is 0 Å². The van der Waals surface area contributed by atoms with Crippen LogP contribution in [0, 0.1) is 19.3 Å². The molecule has 0 spiro atoms. The van der Waals surface area contributed by atoms with Gasteiger partial charge in [0.05, 0.1) is 0 Å². The zero-order valence-electron chi connectivity index (χ0n) is 11.6. The van der Waals surface area contributed by atoms with Crippen LogP contribution in [-0.2, 0) is 6.54 Å². The molecule has 17 heavy (non-hydrogen) atoms. The number of hydrogen-bond donors (Lipinski definition) is 1. The lowest BCUT2D eigenvalue weighted by atomic mass is 9.92. The van der Waals surface area contributed by atoms with E-state index in [1.165, 1.54) is 36.0 Å². The van der Waals surface area contributed by atoms with Gasteiger partial charge in [-0.25, -0.2) is 0 Å². The Bertz CT molecular complexity index is 393. The fraction of sp³-hybridized carbons (Fsp3) is 0.625. The van der Waals surface area contributed by atoms with Crippen molar-refractivity contribution in [3.63, 3.8) is 0 Å². The zero-order valence-corrected chi connectivity index (χ0v) is 11.6. The first-order valence-corrected chi connectivity index (χ1v) is 6.76. The summed E-state index contributed by atoms with van der Waals surface area (Å²) in [6, 6.07) is 7.49. The molecule has 1 aromatic rings. The highest BCUT2D eigenvalue weighted by molar-refractivity contribution is 5.29. The number of benzene rings is 1. The summed E-state index contributed by atoms with van der Waals surface area (Å²) in [6.45, 7) is 10.1. The van der Waals surface area contributed by atoms with Gasteiger partial charge in [-0.15, -0.1) is 0 Å². The van der Waals surface area contributed by atoms with Crippen molar-refractivity contribution in [3.8, 4) is 0 Å². The molecule has 0 heterocycles. The van der Waals surface area contributed by atoms with Crippen LogP contribution in [0.5, 0.6) is 0 Å². The molecule has 94 valence electrons. The molecule has 0 saturated heterocycles. The second-order valence-corrected chi connectivity index (χ2v) is 6.40. The van der Waals surface area contributed by atoms with Crippen LogP contribution in [-0.4, -0.2) is 6.04 Å². The standard InChI is InChI=1S/C16H25N/c1-12-5-6-14(9-13(12)2)11-17-15-7-8-16(3,4)10-15/h5-6,9,15,17H,7-8,10-11H2,1-4H3. The molecule has 1 aliphatic carbocycles. The Morgan fingerprint density at radius 3 is 2.59 bits per heavy atom. The molecular formula is C16H25N. The monoisotopic (exact) mass is 231 g/mol. The summed E-state index contributed by atoms with van der Waals surface area (Å²) in [5, 5.41) is 3.70. The van der Waals surface area contributed by atoms with E-state index in [4.69, 9.17) is 0 Å². The third-order valence-corrected chi connectivity index (χ3v) is 4.13. The van der Waals surface area contributed by atoms with Gasteiger partial charge in [-0.2, -0.15) is 0 Å². The molecule has 0 radical (unpaired) electrons. The fourth-order valence-corrected chi connectivity index (χ4v) is 2.79. The second kappa shape index (κ2) is 4.81. The van der Waals surface area contributed by atoms with Crippen LogP contribution in [0.15, 0.2) is 18.2 Å². The van der Waals surface area contributed by atoms with E-state index in [-0.39, 0.29) is 0 Å². The Balaban J connectivity index is 1.88. The number of rotatable bonds is 3. The van der Waals surface area contributed by atoms with Gasteiger partial charge in [0, 0.05) is 12.6 Å². The van der Waals surface area contributed by atoms with Crippen molar-refractivity contribution < 1.29 is 0 Å². The molecule has 1 aromatic carbocycles. The van der Waals surface area contributed by atoms with Gasteiger partial charge in [0.1, 0.15) is 0 Å². The highest BCUT2D eigenvalue weighted by atomic mass is 14.9. The van der Waals surface area contributed by atoms with Crippen LogP contribution in [0.4, 0.5) is 0 Å². The lowest BCUT2D eigenvalue weighted by Gasteiger charge is -2.18. The summed E-state index contributed by atoms with van der Waals surface area (Å²) in [7, 11) is 0. The van der Waals surface area contributed by atoms with Crippen molar-refractivity contribution >= 4 is 0 Å². The molecule has 1 unspecified atom stereocenters. The van der Waals surface area contributed by atoms with Gasteiger partial charge in [-0.1, -0.05) is 32.0 Å². The van der Waals surface area contributed by atoms with E-state index in [0.717, 1.165) is 6.54 Å². The van der Waals surface area contributed by atoms with E-state index in [9.17, 15) is 0 Å². The summed E-state index contributed by atoms with van der Waals surface area (Å²) in [5.74, 6) is 0. The Hall–Kier alpha value is -0.820. The first-order chi connectivity index (χ1) is 7.96. The van der Waals surface area contributed by atoms with Crippen molar-refractivity contribution in [1.29, 1.82) is 0 Å². The SMILES string of the molecule is Cc1ccc(CNC2CCC(C)(C)C2)cc1C. The average molecular weight is 231 g/mol.